The highest BCUT2D eigenvalue weighted by Gasteiger charge is 2.49. The molecule has 1 saturated heterocycles. The quantitative estimate of drug-likeness (QED) is 0.280. The Morgan fingerprint density at radius 3 is 2.47 bits per heavy atom. The van der Waals surface area contributed by atoms with Crippen molar-refractivity contribution >= 4 is 34.4 Å². The lowest BCUT2D eigenvalue weighted by atomic mass is 9.99. The first-order valence-corrected chi connectivity index (χ1v) is 10.2. The molecule has 2 aromatic heterocycles. The van der Waals surface area contributed by atoms with E-state index in [0.717, 1.165) is 22.2 Å². The van der Waals surface area contributed by atoms with Gasteiger partial charge in [-0.3, -0.25) is 14.5 Å². The number of aromatic nitrogens is 2. The highest BCUT2D eigenvalue weighted by Crippen LogP contribution is 2.41. The number of furan rings is 1. The lowest BCUT2D eigenvalue weighted by Gasteiger charge is -2.20. The van der Waals surface area contributed by atoms with Crippen molar-refractivity contribution < 1.29 is 19.1 Å². The van der Waals surface area contributed by atoms with Crippen molar-refractivity contribution in [3.63, 3.8) is 0 Å². The number of aryl methyl sites for hydroxylation is 3. The second kappa shape index (κ2) is 7.23. The molecule has 32 heavy (non-hydrogen) atoms. The van der Waals surface area contributed by atoms with E-state index in [1.807, 2.05) is 45.0 Å². The number of nitrogens with one attached hydrogen (secondary N) is 1. The van der Waals surface area contributed by atoms with Gasteiger partial charge in [0, 0.05) is 5.56 Å². The van der Waals surface area contributed by atoms with Gasteiger partial charge in [-0.15, -0.1) is 0 Å². The van der Waals surface area contributed by atoms with E-state index in [-0.39, 0.29) is 17.3 Å². The molecule has 1 atom stereocenters. The molecule has 1 fully saturated rings. The Morgan fingerprint density at radius 2 is 1.78 bits per heavy atom. The van der Waals surface area contributed by atoms with Crippen molar-refractivity contribution in [2.75, 3.05) is 4.90 Å². The molecule has 5 rings (SSSR count). The number of carbonyl (C=O) groups is 2. The van der Waals surface area contributed by atoms with Gasteiger partial charge in [0.2, 0.25) is 5.95 Å². The fraction of sp³-hybridized carbons (Fsp3) is 0.160. The Labute approximate surface area is 184 Å². The van der Waals surface area contributed by atoms with E-state index in [2.05, 4.69) is 9.97 Å². The van der Waals surface area contributed by atoms with Gasteiger partial charge in [-0.25, -0.2) is 4.98 Å². The van der Waals surface area contributed by atoms with Crippen LogP contribution >= 0.6 is 0 Å². The van der Waals surface area contributed by atoms with Gasteiger partial charge in [0.05, 0.1) is 22.9 Å². The summed E-state index contributed by atoms with van der Waals surface area (Å²) in [4.78, 5) is 35.2. The molecule has 1 unspecified atom stereocenters. The standard InChI is InChI=1S/C25H21N3O4/c1-13-6-8-16(9-7-13)22(29)20-21(19-5-4-10-32-19)28(24(31)23(20)30)25-26-17-11-14(2)15(3)12-18(17)27-25/h4-12,21,29H,1-3H3,(H,26,27)/b22-20+. The first-order chi connectivity index (χ1) is 15.3. The molecule has 160 valence electrons. The number of amides is 1. The van der Waals surface area contributed by atoms with E-state index in [1.165, 1.54) is 11.2 Å². The van der Waals surface area contributed by atoms with Crippen LogP contribution in [0.25, 0.3) is 16.8 Å². The number of anilines is 1. The molecule has 1 aliphatic heterocycles. The first-order valence-electron chi connectivity index (χ1n) is 10.2. The van der Waals surface area contributed by atoms with E-state index < -0.39 is 17.7 Å². The van der Waals surface area contributed by atoms with Gasteiger partial charge < -0.3 is 14.5 Å². The lowest BCUT2D eigenvalue weighted by molar-refractivity contribution is -0.132. The van der Waals surface area contributed by atoms with E-state index in [1.54, 1.807) is 24.3 Å². The van der Waals surface area contributed by atoms with E-state index >= 15 is 0 Å². The number of hydrogen-bond acceptors (Lipinski definition) is 5. The van der Waals surface area contributed by atoms with Crippen molar-refractivity contribution in [3.8, 4) is 0 Å². The third-order valence-corrected chi connectivity index (χ3v) is 5.90. The Morgan fingerprint density at radius 1 is 1.06 bits per heavy atom. The molecule has 4 aromatic rings. The van der Waals surface area contributed by atoms with Crippen LogP contribution in [0.1, 0.15) is 34.1 Å². The molecular weight excluding hydrogens is 406 g/mol. The molecule has 0 bridgehead atoms. The summed E-state index contributed by atoms with van der Waals surface area (Å²) >= 11 is 0. The predicted molar refractivity (Wildman–Crippen MR) is 120 cm³/mol. The van der Waals surface area contributed by atoms with Crippen LogP contribution in [0.4, 0.5) is 5.95 Å². The molecule has 0 radical (unpaired) electrons. The summed E-state index contributed by atoms with van der Waals surface area (Å²) in [6.07, 6.45) is 1.46. The van der Waals surface area contributed by atoms with Crippen LogP contribution in [0.2, 0.25) is 0 Å². The van der Waals surface area contributed by atoms with Crippen LogP contribution in [0.3, 0.4) is 0 Å². The molecule has 0 saturated carbocycles. The summed E-state index contributed by atoms with van der Waals surface area (Å²) in [6.45, 7) is 5.91. The summed E-state index contributed by atoms with van der Waals surface area (Å²) in [5, 5.41) is 11.1. The first kappa shape index (κ1) is 19.8. The number of ketones is 1. The molecule has 7 heteroatoms. The summed E-state index contributed by atoms with van der Waals surface area (Å²) in [7, 11) is 0. The van der Waals surface area contributed by atoms with Crippen molar-refractivity contribution in [2.24, 2.45) is 0 Å². The van der Waals surface area contributed by atoms with E-state index in [0.29, 0.717) is 16.8 Å². The smallest absolute Gasteiger partial charge is 0.302 e. The summed E-state index contributed by atoms with van der Waals surface area (Å²) in [5.74, 6) is -1.26. The van der Waals surface area contributed by atoms with Gasteiger partial charge in [-0.2, -0.15) is 0 Å². The molecule has 0 aliphatic carbocycles. The van der Waals surface area contributed by atoms with Crippen LogP contribution in [0, 0.1) is 20.8 Å². The number of rotatable bonds is 3. The monoisotopic (exact) mass is 427 g/mol. The largest absolute Gasteiger partial charge is 0.507 e. The predicted octanol–water partition coefficient (Wildman–Crippen LogP) is 4.71. The van der Waals surface area contributed by atoms with Crippen molar-refractivity contribution in [1.82, 2.24) is 9.97 Å². The Balaban J connectivity index is 1.71. The number of nitrogens with zero attached hydrogens (tertiary/aromatic N) is 2. The van der Waals surface area contributed by atoms with Crippen LogP contribution < -0.4 is 4.90 Å². The molecule has 1 aliphatic rings. The van der Waals surface area contributed by atoms with Gasteiger partial charge in [-0.1, -0.05) is 29.8 Å². The number of Topliss-reactive ketones (excluding diaryl/α,β-unsaturated/α-hetero) is 1. The fourth-order valence-electron chi connectivity index (χ4n) is 4.00. The average Bonchev–Trinajstić information content (AvgIpc) is 3.48. The topological polar surface area (TPSA) is 99.4 Å². The summed E-state index contributed by atoms with van der Waals surface area (Å²) in [5.41, 5.74) is 5.00. The van der Waals surface area contributed by atoms with Crippen LogP contribution in [0.15, 0.2) is 64.8 Å². The third kappa shape index (κ3) is 3.01. The Hall–Kier alpha value is -4.13. The van der Waals surface area contributed by atoms with Crippen LogP contribution in [-0.4, -0.2) is 26.8 Å². The zero-order valence-corrected chi connectivity index (χ0v) is 17.8. The van der Waals surface area contributed by atoms with Gasteiger partial charge in [-0.05, 0) is 56.2 Å². The van der Waals surface area contributed by atoms with Crippen LogP contribution in [0.5, 0.6) is 0 Å². The molecule has 7 nitrogen and oxygen atoms in total. The highest BCUT2D eigenvalue weighted by atomic mass is 16.3. The molecule has 2 aromatic carbocycles. The van der Waals surface area contributed by atoms with Crippen molar-refractivity contribution in [1.29, 1.82) is 0 Å². The van der Waals surface area contributed by atoms with Gasteiger partial charge in [0.15, 0.2) is 0 Å². The number of aliphatic hydroxyl groups excluding tert-OH is 1. The minimum Gasteiger partial charge on any atom is -0.507 e. The maximum absolute atomic E-state index is 13.2. The normalized spacial score (nSPS) is 18.1. The van der Waals surface area contributed by atoms with E-state index in [4.69, 9.17) is 4.42 Å². The zero-order valence-electron chi connectivity index (χ0n) is 17.8. The maximum atomic E-state index is 13.2. The van der Waals surface area contributed by atoms with Gasteiger partial charge in [0.25, 0.3) is 5.78 Å². The number of hydrogen-bond donors (Lipinski definition) is 2. The fourth-order valence-corrected chi connectivity index (χ4v) is 4.00. The maximum Gasteiger partial charge on any atom is 0.302 e. The SMILES string of the molecule is Cc1ccc(/C(O)=C2\C(=O)C(=O)N(c3nc4cc(C)c(C)cc4[nH]3)C2c2ccco2)cc1. The molecule has 1 amide bonds. The number of carbonyl (C=O) groups excluding carboxylic acids is 2. The van der Waals surface area contributed by atoms with Gasteiger partial charge in [0.1, 0.15) is 17.6 Å². The Bertz CT molecular complexity index is 1360. The highest BCUT2D eigenvalue weighted by molar-refractivity contribution is 6.51. The second-order valence-corrected chi connectivity index (χ2v) is 8.06. The van der Waals surface area contributed by atoms with Gasteiger partial charge >= 0.3 is 5.91 Å². The molecular formula is C25H21N3O4. The molecule has 0 spiro atoms. The minimum atomic E-state index is -0.950. The minimum absolute atomic E-state index is 0.0402. The zero-order chi connectivity index (χ0) is 22.6. The third-order valence-electron chi connectivity index (χ3n) is 5.90. The number of aromatic amines is 1. The average molecular weight is 427 g/mol. The number of H-pyrrole nitrogens is 1. The lowest BCUT2D eigenvalue weighted by Crippen LogP contribution is -2.30. The number of aliphatic hydroxyl groups is 1. The number of imidazole rings is 1. The van der Waals surface area contributed by atoms with E-state index in [9.17, 15) is 14.7 Å². The number of benzene rings is 2. The second-order valence-electron chi connectivity index (χ2n) is 8.06. The summed E-state index contributed by atoms with van der Waals surface area (Å²) < 4.78 is 5.58. The van der Waals surface area contributed by atoms with Crippen molar-refractivity contribution in [3.05, 3.63) is 88.4 Å². The summed E-state index contributed by atoms with van der Waals surface area (Å²) in [6, 6.07) is 13.4. The number of fused-ring (bicyclic) bond motifs is 1. The van der Waals surface area contributed by atoms with Crippen LogP contribution in [-0.2, 0) is 9.59 Å². The van der Waals surface area contributed by atoms with Crippen molar-refractivity contribution in [2.45, 2.75) is 26.8 Å². The molecule has 3 heterocycles. The Kier molecular flexibility index (Phi) is 4.48. The molecule has 2 N–H and O–H groups in total.